The largest absolute Gasteiger partial charge is 0.298 e. The number of carbonyl (C=O) groups excluding carboxylic acids is 1. The van der Waals surface area contributed by atoms with Gasteiger partial charge in [0.2, 0.25) is 0 Å². The van der Waals surface area contributed by atoms with Crippen LogP contribution in [-0.2, 0) is 9.84 Å². The van der Waals surface area contributed by atoms with Gasteiger partial charge in [0.05, 0.1) is 10.6 Å². The second-order valence-corrected chi connectivity index (χ2v) is 8.55. The van der Waals surface area contributed by atoms with Crippen molar-refractivity contribution >= 4 is 43.8 Å². The summed E-state index contributed by atoms with van der Waals surface area (Å²) in [4.78, 5) is 16.8. The molecule has 3 rings (SSSR count). The monoisotopic (exact) mass is 392 g/mol. The van der Waals surface area contributed by atoms with Crippen LogP contribution < -0.4 is 5.32 Å². The van der Waals surface area contributed by atoms with E-state index in [0.717, 1.165) is 11.8 Å². The number of hydrogen-bond acceptors (Lipinski definition) is 5. The van der Waals surface area contributed by atoms with Gasteiger partial charge in [-0.1, -0.05) is 35.9 Å². The molecule has 1 N–H and O–H groups in total. The molecule has 0 atom stereocenters. The van der Waals surface area contributed by atoms with Crippen molar-refractivity contribution in [2.75, 3.05) is 11.6 Å². The van der Waals surface area contributed by atoms with Gasteiger partial charge in [-0.25, -0.2) is 13.4 Å². The number of sulfone groups is 1. The number of amides is 1. The van der Waals surface area contributed by atoms with Crippen molar-refractivity contribution in [1.82, 2.24) is 4.98 Å². The molecule has 0 radical (unpaired) electrons. The van der Waals surface area contributed by atoms with E-state index in [1.807, 2.05) is 18.2 Å². The van der Waals surface area contributed by atoms with Crippen molar-refractivity contribution in [3.05, 3.63) is 64.5 Å². The zero-order valence-corrected chi connectivity index (χ0v) is 15.5. The van der Waals surface area contributed by atoms with Gasteiger partial charge in [-0.05, 0) is 24.3 Å². The lowest BCUT2D eigenvalue weighted by molar-refractivity contribution is 0.102. The molecule has 0 aliphatic carbocycles. The van der Waals surface area contributed by atoms with Gasteiger partial charge in [0.1, 0.15) is 0 Å². The predicted octanol–water partition coefficient (Wildman–Crippen LogP) is 4.12. The van der Waals surface area contributed by atoms with Gasteiger partial charge < -0.3 is 0 Å². The number of carbonyl (C=O) groups is 1. The van der Waals surface area contributed by atoms with Gasteiger partial charge in [0.25, 0.3) is 5.91 Å². The van der Waals surface area contributed by atoms with E-state index in [1.54, 1.807) is 17.5 Å². The van der Waals surface area contributed by atoms with E-state index in [2.05, 4.69) is 10.3 Å². The van der Waals surface area contributed by atoms with Crippen molar-refractivity contribution in [1.29, 1.82) is 0 Å². The minimum atomic E-state index is -3.38. The Morgan fingerprint density at radius 1 is 1.16 bits per heavy atom. The van der Waals surface area contributed by atoms with Crippen molar-refractivity contribution in [3.63, 3.8) is 0 Å². The highest BCUT2D eigenvalue weighted by Crippen LogP contribution is 2.30. The molecule has 1 heterocycles. The van der Waals surface area contributed by atoms with Crippen molar-refractivity contribution in [2.24, 2.45) is 0 Å². The summed E-state index contributed by atoms with van der Waals surface area (Å²) in [6.45, 7) is 0. The molecule has 0 aliphatic rings. The molecule has 1 amide bonds. The van der Waals surface area contributed by atoms with E-state index >= 15 is 0 Å². The summed E-state index contributed by atoms with van der Waals surface area (Å²) in [6.07, 6.45) is 1.10. The van der Waals surface area contributed by atoms with Crippen molar-refractivity contribution in [2.45, 2.75) is 4.90 Å². The number of benzene rings is 2. The maximum absolute atomic E-state index is 12.3. The van der Waals surface area contributed by atoms with Crippen molar-refractivity contribution < 1.29 is 13.2 Å². The Morgan fingerprint density at radius 2 is 1.92 bits per heavy atom. The number of rotatable bonds is 4. The molecule has 8 heteroatoms. The number of nitrogens with one attached hydrogen (secondary N) is 1. The standard InChI is InChI=1S/C17H13ClN2O3S2/c1-25(22,23)12-6-4-5-11(9-12)16(21)20-17-19-15(10-24-17)13-7-2-3-8-14(13)18/h2-10H,1H3,(H,19,20,21). The van der Waals surface area contributed by atoms with E-state index in [-0.39, 0.29) is 10.5 Å². The first-order chi connectivity index (χ1) is 11.8. The maximum atomic E-state index is 12.3. The first-order valence-corrected chi connectivity index (χ1v) is 10.3. The molecule has 0 spiro atoms. The van der Waals surface area contributed by atoms with Crippen LogP contribution in [0.15, 0.2) is 58.8 Å². The summed E-state index contributed by atoms with van der Waals surface area (Å²) >= 11 is 7.42. The van der Waals surface area contributed by atoms with Crippen LogP contribution in [0.2, 0.25) is 5.02 Å². The number of nitrogens with zero attached hydrogens (tertiary/aromatic N) is 1. The zero-order valence-electron chi connectivity index (χ0n) is 13.1. The summed E-state index contributed by atoms with van der Waals surface area (Å²) in [5.41, 5.74) is 1.69. The summed E-state index contributed by atoms with van der Waals surface area (Å²) in [5.74, 6) is -0.425. The second kappa shape index (κ2) is 6.95. The lowest BCUT2D eigenvalue weighted by atomic mass is 10.2. The number of aromatic nitrogens is 1. The molecule has 1 aromatic heterocycles. The van der Waals surface area contributed by atoms with Gasteiger partial charge in [-0.15, -0.1) is 11.3 Å². The molecule has 5 nitrogen and oxygen atoms in total. The molecule has 0 fully saturated rings. The lowest BCUT2D eigenvalue weighted by Crippen LogP contribution is -2.12. The van der Waals surface area contributed by atoms with Crippen molar-refractivity contribution in [3.8, 4) is 11.3 Å². The summed E-state index contributed by atoms with van der Waals surface area (Å²) in [6, 6.07) is 13.2. The Bertz CT molecular complexity index is 1050. The van der Waals surface area contributed by atoms with Gasteiger partial charge in [0.15, 0.2) is 15.0 Å². The number of thiazole rings is 1. The Balaban J connectivity index is 1.82. The Labute approximate surface area is 154 Å². The third-order valence-corrected chi connectivity index (χ3v) is 5.60. The molecular formula is C17H13ClN2O3S2. The fraction of sp³-hybridized carbons (Fsp3) is 0.0588. The minimum absolute atomic E-state index is 0.0936. The Kier molecular flexibility index (Phi) is 4.89. The van der Waals surface area contributed by atoms with Crippen LogP contribution in [0, 0.1) is 0 Å². The Morgan fingerprint density at radius 3 is 2.64 bits per heavy atom. The first kappa shape index (κ1) is 17.6. The van der Waals surface area contributed by atoms with E-state index in [9.17, 15) is 13.2 Å². The van der Waals surface area contributed by atoms with Crippen LogP contribution in [-0.4, -0.2) is 25.6 Å². The molecule has 128 valence electrons. The number of hydrogen-bond donors (Lipinski definition) is 1. The predicted molar refractivity (Wildman–Crippen MR) is 100 cm³/mol. The maximum Gasteiger partial charge on any atom is 0.257 e. The van der Waals surface area contributed by atoms with Gasteiger partial charge >= 0.3 is 0 Å². The van der Waals surface area contributed by atoms with Gasteiger partial charge in [0, 0.05) is 27.8 Å². The van der Waals surface area contributed by atoms with Crippen LogP contribution in [0.4, 0.5) is 5.13 Å². The van der Waals surface area contributed by atoms with Crippen LogP contribution in [0.3, 0.4) is 0 Å². The molecule has 25 heavy (non-hydrogen) atoms. The fourth-order valence-electron chi connectivity index (χ4n) is 2.16. The highest BCUT2D eigenvalue weighted by molar-refractivity contribution is 7.90. The molecule has 3 aromatic rings. The van der Waals surface area contributed by atoms with E-state index in [0.29, 0.717) is 15.8 Å². The topological polar surface area (TPSA) is 76.1 Å². The van der Waals surface area contributed by atoms with Crippen LogP contribution in [0.5, 0.6) is 0 Å². The third kappa shape index (κ3) is 4.07. The smallest absolute Gasteiger partial charge is 0.257 e. The molecule has 0 bridgehead atoms. The quantitative estimate of drug-likeness (QED) is 0.724. The summed E-state index contributed by atoms with van der Waals surface area (Å²) in [7, 11) is -3.38. The minimum Gasteiger partial charge on any atom is -0.298 e. The summed E-state index contributed by atoms with van der Waals surface area (Å²) in [5, 5.41) is 5.46. The molecule has 0 unspecified atom stereocenters. The van der Waals surface area contributed by atoms with E-state index < -0.39 is 15.7 Å². The van der Waals surface area contributed by atoms with Crippen LogP contribution in [0.25, 0.3) is 11.3 Å². The average Bonchev–Trinajstić information content (AvgIpc) is 3.03. The molecule has 0 saturated heterocycles. The van der Waals surface area contributed by atoms with E-state index in [4.69, 9.17) is 11.6 Å². The highest BCUT2D eigenvalue weighted by atomic mass is 35.5. The molecule has 2 aromatic carbocycles. The fourth-order valence-corrected chi connectivity index (χ4v) is 3.77. The molecule has 0 saturated carbocycles. The molecular weight excluding hydrogens is 380 g/mol. The average molecular weight is 393 g/mol. The second-order valence-electron chi connectivity index (χ2n) is 5.27. The SMILES string of the molecule is CS(=O)(=O)c1cccc(C(=O)Nc2nc(-c3ccccc3Cl)cs2)c1. The summed E-state index contributed by atoms with van der Waals surface area (Å²) < 4.78 is 23.2. The van der Waals surface area contributed by atoms with Gasteiger partial charge in [-0.3, -0.25) is 10.1 Å². The number of halogens is 1. The van der Waals surface area contributed by atoms with E-state index in [1.165, 1.54) is 29.5 Å². The molecule has 0 aliphatic heterocycles. The number of anilines is 1. The van der Waals surface area contributed by atoms with Crippen LogP contribution >= 0.6 is 22.9 Å². The lowest BCUT2D eigenvalue weighted by Gasteiger charge is -2.04. The Hall–Kier alpha value is -2.22. The third-order valence-electron chi connectivity index (χ3n) is 3.40. The zero-order chi connectivity index (χ0) is 18.0. The first-order valence-electron chi connectivity index (χ1n) is 7.16. The normalized spacial score (nSPS) is 11.3. The van der Waals surface area contributed by atoms with Gasteiger partial charge in [-0.2, -0.15) is 0 Å². The van der Waals surface area contributed by atoms with Crippen LogP contribution in [0.1, 0.15) is 10.4 Å². The highest BCUT2D eigenvalue weighted by Gasteiger charge is 2.14.